The summed E-state index contributed by atoms with van der Waals surface area (Å²) < 4.78 is 43.8. The van der Waals surface area contributed by atoms with Crippen molar-refractivity contribution in [2.75, 3.05) is 26.4 Å². The average molecular weight is 337 g/mol. The number of ketones is 1. The molecular formula is C7H18NO8P3. The van der Waals surface area contributed by atoms with Gasteiger partial charge >= 0.3 is 15.6 Å². The van der Waals surface area contributed by atoms with Gasteiger partial charge in [-0.25, -0.2) is 18.1 Å². The molecular weight excluding hydrogens is 319 g/mol. The Morgan fingerprint density at radius 3 is 2.05 bits per heavy atom. The lowest BCUT2D eigenvalue weighted by Crippen LogP contribution is -2.22. The highest BCUT2D eigenvalue weighted by Crippen LogP contribution is 2.67. The fourth-order valence-electron chi connectivity index (χ4n) is 0.899. The summed E-state index contributed by atoms with van der Waals surface area (Å²) in [7, 11) is -12.0. The van der Waals surface area contributed by atoms with Gasteiger partial charge < -0.3 is 9.79 Å². The van der Waals surface area contributed by atoms with Crippen LogP contribution in [0.3, 0.4) is 0 Å². The van der Waals surface area contributed by atoms with Gasteiger partial charge in [-0.1, -0.05) is 6.92 Å². The highest BCUT2D eigenvalue weighted by atomic mass is 31.3. The summed E-state index contributed by atoms with van der Waals surface area (Å²) in [5.41, 5.74) is 0. The quantitative estimate of drug-likeness (QED) is 0.635. The Morgan fingerprint density at radius 1 is 1.21 bits per heavy atom. The molecule has 0 aromatic heterocycles. The summed E-state index contributed by atoms with van der Waals surface area (Å²) in [6, 6.07) is 0. The molecule has 0 aromatic rings. The minimum absolute atomic E-state index is 0.0417. The van der Waals surface area contributed by atoms with E-state index in [0.29, 0.717) is 4.67 Å². The largest absolute Gasteiger partial charge is 0.486 e. The predicted octanol–water partition coefficient (Wildman–Crippen LogP) is 1.67. The number of hydrogen-bond acceptors (Lipinski definition) is 6. The van der Waals surface area contributed by atoms with Crippen molar-refractivity contribution in [1.29, 1.82) is 0 Å². The van der Waals surface area contributed by atoms with Crippen molar-refractivity contribution < 1.29 is 36.9 Å². The lowest BCUT2D eigenvalue weighted by molar-refractivity contribution is -0.117. The van der Waals surface area contributed by atoms with Crippen LogP contribution in [-0.2, 0) is 27.1 Å². The monoisotopic (exact) mass is 337 g/mol. The molecule has 0 radical (unpaired) electrons. The number of nitrogens with zero attached hydrogens (tertiary/aromatic N) is 1. The number of hydrogen-bond donors (Lipinski definition) is 2. The number of carbonyl (C=O) groups excluding carboxylic acids is 1. The van der Waals surface area contributed by atoms with E-state index in [0.717, 1.165) is 13.7 Å². The van der Waals surface area contributed by atoms with Gasteiger partial charge in [-0.2, -0.15) is 4.31 Å². The SMILES string of the molecule is CCP(C)(=O)OP(=O)(O)OP(=O)(O)N(C)CC(C)=O. The molecule has 2 N–H and O–H groups in total. The Labute approximate surface area is 111 Å². The summed E-state index contributed by atoms with van der Waals surface area (Å²) in [4.78, 5) is 29.5. The lowest BCUT2D eigenvalue weighted by atomic mass is 10.5. The number of phosphoric acid groups is 1. The van der Waals surface area contributed by atoms with Crippen LogP contribution in [-0.4, -0.2) is 46.7 Å². The standard InChI is InChI=1S/C7H18NO8P3/c1-5-17(4,10)15-19(13,14)16-18(11,12)8(3)6-7(2)9/h5-6H2,1-4H3,(H,11,12)(H,13,14). The Kier molecular flexibility index (Phi) is 6.80. The third-order valence-corrected chi connectivity index (χ3v) is 7.98. The fraction of sp³-hybridized carbons (Fsp3) is 0.857. The van der Waals surface area contributed by atoms with E-state index in [-0.39, 0.29) is 6.16 Å². The minimum atomic E-state index is -4.98. The molecule has 0 bridgehead atoms. The van der Waals surface area contributed by atoms with Crippen LogP contribution in [0.2, 0.25) is 0 Å². The molecule has 12 heteroatoms. The van der Waals surface area contributed by atoms with Gasteiger partial charge in [0.1, 0.15) is 5.78 Å². The van der Waals surface area contributed by atoms with Gasteiger partial charge in [-0.05, 0) is 14.0 Å². The van der Waals surface area contributed by atoms with Crippen LogP contribution in [0, 0.1) is 0 Å². The van der Waals surface area contributed by atoms with Crippen molar-refractivity contribution in [2.45, 2.75) is 13.8 Å². The second kappa shape index (κ2) is 6.74. The van der Waals surface area contributed by atoms with E-state index in [4.69, 9.17) is 0 Å². The molecule has 0 saturated heterocycles. The summed E-state index contributed by atoms with van der Waals surface area (Å²) in [5, 5.41) is 0. The predicted molar refractivity (Wildman–Crippen MR) is 69.2 cm³/mol. The van der Waals surface area contributed by atoms with Crippen molar-refractivity contribution >= 4 is 28.7 Å². The Morgan fingerprint density at radius 2 is 1.68 bits per heavy atom. The molecule has 0 aliphatic carbocycles. The van der Waals surface area contributed by atoms with E-state index in [1.807, 2.05) is 0 Å². The summed E-state index contributed by atoms with van der Waals surface area (Å²) in [6.45, 7) is 3.27. The maximum atomic E-state index is 11.6. The van der Waals surface area contributed by atoms with Crippen molar-refractivity contribution in [1.82, 2.24) is 4.67 Å². The van der Waals surface area contributed by atoms with Gasteiger partial charge in [0.2, 0.25) is 7.37 Å². The molecule has 0 aromatic carbocycles. The van der Waals surface area contributed by atoms with E-state index < -0.39 is 35.3 Å². The first-order valence-corrected chi connectivity index (χ1v) is 10.5. The van der Waals surface area contributed by atoms with Crippen LogP contribution in [0.15, 0.2) is 0 Å². The molecule has 0 rings (SSSR count). The maximum Gasteiger partial charge on any atom is 0.486 e. The number of carbonyl (C=O) groups is 1. The molecule has 3 unspecified atom stereocenters. The van der Waals surface area contributed by atoms with Gasteiger partial charge in [0.05, 0.1) is 6.54 Å². The van der Waals surface area contributed by atoms with E-state index in [1.54, 1.807) is 0 Å². The Balaban J connectivity index is 4.91. The van der Waals surface area contributed by atoms with Crippen LogP contribution >= 0.6 is 22.9 Å². The normalized spacial score (nSPS) is 21.4. The van der Waals surface area contributed by atoms with Crippen molar-refractivity contribution in [3.63, 3.8) is 0 Å². The van der Waals surface area contributed by atoms with Gasteiger partial charge in [0, 0.05) is 12.8 Å². The average Bonchev–Trinajstić information content (AvgIpc) is 2.12. The molecule has 0 spiro atoms. The molecule has 0 amide bonds. The Bertz CT molecular complexity index is 477. The Hall–Kier alpha value is 0.160. The van der Waals surface area contributed by atoms with Crippen molar-refractivity contribution in [2.24, 2.45) is 0 Å². The zero-order valence-electron chi connectivity index (χ0n) is 11.0. The zero-order valence-corrected chi connectivity index (χ0v) is 13.7. The van der Waals surface area contributed by atoms with Crippen LogP contribution in [0.1, 0.15) is 13.8 Å². The van der Waals surface area contributed by atoms with E-state index in [9.17, 15) is 28.3 Å². The third kappa shape index (κ3) is 7.49. The zero-order chi connectivity index (χ0) is 15.5. The van der Waals surface area contributed by atoms with Gasteiger partial charge in [-0.3, -0.25) is 9.36 Å². The van der Waals surface area contributed by atoms with Crippen molar-refractivity contribution in [3.05, 3.63) is 0 Å². The highest BCUT2D eigenvalue weighted by molar-refractivity contribution is 7.70. The van der Waals surface area contributed by atoms with Crippen LogP contribution in [0.5, 0.6) is 0 Å². The first-order chi connectivity index (χ1) is 8.31. The van der Waals surface area contributed by atoms with Gasteiger partial charge in [0.25, 0.3) is 0 Å². The molecule has 3 atom stereocenters. The molecule has 0 fully saturated rings. The van der Waals surface area contributed by atoms with E-state index in [2.05, 4.69) is 8.62 Å². The van der Waals surface area contributed by atoms with Crippen LogP contribution in [0.25, 0.3) is 0 Å². The topological polar surface area (TPSA) is 130 Å². The molecule has 19 heavy (non-hydrogen) atoms. The fourth-order valence-corrected chi connectivity index (χ4v) is 5.45. The summed E-state index contributed by atoms with van der Waals surface area (Å²) >= 11 is 0. The number of rotatable bonds is 8. The van der Waals surface area contributed by atoms with E-state index >= 15 is 0 Å². The summed E-state index contributed by atoms with van der Waals surface area (Å²) in [6.07, 6.45) is -0.0417. The second-order valence-electron chi connectivity index (χ2n) is 3.97. The molecule has 0 saturated carbocycles. The molecule has 114 valence electrons. The molecule has 0 aliphatic heterocycles. The first-order valence-electron chi connectivity index (χ1n) is 5.17. The van der Waals surface area contributed by atoms with Gasteiger partial charge in [-0.15, -0.1) is 0 Å². The lowest BCUT2D eigenvalue weighted by Gasteiger charge is -2.24. The summed E-state index contributed by atoms with van der Waals surface area (Å²) in [5.74, 6) is -0.441. The second-order valence-corrected chi connectivity index (χ2v) is 10.5. The van der Waals surface area contributed by atoms with Crippen molar-refractivity contribution in [3.8, 4) is 0 Å². The smallest absolute Gasteiger partial charge is 0.312 e. The molecule has 9 nitrogen and oxygen atoms in total. The third-order valence-electron chi connectivity index (χ3n) is 1.94. The molecule has 0 aliphatic rings. The highest BCUT2D eigenvalue weighted by Gasteiger charge is 2.40. The van der Waals surface area contributed by atoms with E-state index in [1.165, 1.54) is 13.8 Å². The van der Waals surface area contributed by atoms with Crippen LogP contribution in [0.4, 0.5) is 0 Å². The minimum Gasteiger partial charge on any atom is -0.312 e. The van der Waals surface area contributed by atoms with Gasteiger partial charge in [0.15, 0.2) is 0 Å². The molecule has 0 heterocycles. The number of likely N-dealkylation sites (N-methyl/N-ethyl adjacent to an activating group) is 1. The maximum absolute atomic E-state index is 11.6. The first kappa shape index (κ1) is 19.2. The number of Topliss-reactive ketones (excluding diaryl/α,β-unsaturated/α-hetero) is 1. The van der Waals surface area contributed by atoms with Crippen LogP contribution < -0.4 is 0 Å².